The second-order valence-corrected chi connectivity index (χ2v) is 4.90. The molecule has 3 N–H and O–H groups in total. The molecule has 1 aromatic heterocycles. The zero-order valence-corrected chi connectivity index (χ0v) is 11.0. The highest BCUT2D eigenvalue weighted by molar-refractivity contribution is 5.78. The zero-order chi connectivity index (χ0) is 13.1. The Labute approximate surface area is 112 Å². The van der Waals surface area contributed by atoms with E-state index < -0.39 is 0 Å². The number of nitrogens with one attached hydrogen (secondary N) is 1. The van der Waals surface area contributed by atoms with Gasteiger partial charge in [-0.2, -0.15) is 0 Å². The summed E-state index contributed by atoms with van der Waals surface area (Å²) in [6, 6.07) is 8.63. The summed E-state index contributed by atoms with van der Waals surface area (Å²) in [6.45, 7) is 3.05. The Morgan fingerprint density at radius 3 is 2.89 bits per heavy atom. The number of para-hydroxylation sites is 2. The van der Waals surface area contributed by atoms with Crippen LogP contribution in [0.3, 0.4) is 0 Å². The largest absolute Gasteiger partial charge is 0.381 e. The van der Waals surface area contributed by atoms with Gasteiger partial charge in [0.25, 0.3) is 0 Å². The number of nitrogens with zero attached hydrogens (tertiary/aromatic N) is 2. The number of hydrogen-bond acceptors (Lipinski definition) is 4. The monoisotopic (exact) mass is 260 g/mol. The average molecular weight is 260 g/mol. The minimum Gasteiger partial charge on any atom is -0.381 e. The molecule has 19 heavy (non-hydrogen) atoms. The summed E-state index contributed by atoms with van der Waals surface area (Å²) < 4.78 is 7.56. The smallest absolute Gasteiger partial charge is 0.204 e. The van der Waals surface area contributed by atoms with Crippen molar-refractivity contribution in [1.82, 2.24) is 9.55 Å². The highest BCUT2D eigenvalue weighted by Gasteiger charge is 2.17. The summed E-state index contributed by atoms with van der Waals surface area (Å²) >= 11 is 0. The minimum atomic E-state index is 0.446. The second kappa shape index (κ2) is 5.59. The SMILES string of the molecule is NCCn1c(NC2CCOCC2)nc2ccccc21. The van der Waals surface area contributed by atoms with Crippen molar-refractivity contribution < 1.29 is 4.74 Å². The van der Waals surface area contributed by atoms with E-state index >= 15 is 0 Å². The van der Waals surface area contributed by atoms with E-state index in [0.29, 0.717) is 12.6 Å². The molecule has 0 aliphatic carbocycles. The lowest BCUT2D eigenvalue weighted by molar-refractivity contribution is 0.0902. The Kier molecular flexibility index (Phi) is 3.66. The van der Waals surface area contributed by atoms with Crippen molar-refractivity contribution in [2.24, 2.45) is 5.73 Å². The first kappa shape index (κ1) is 12.4. The van der Waals surface area contributed by atoms with Crippen LogP contribution in [0.15, 0.2) is 24.3 Å². The number of imidazole rings is 1. The van der Waals surface area contributed by atoms with Gasteiger partial charge in [0.2, 0.25) is 5.95 Å². The number of benzene rings is 1. The van der Waals surface area contributed by atoms with Gasteiger partial charge in [-0.25, -0.2) is 4.98 Å². The third-order valence-electron chi connectivity index (χ3n) is 3.56. The number of anilines is 1. The molecule has 1 aliphatic heterocycles. The summed E-state index contributed by atoms with van der Waals surface area (Å²) in [5.74, 6) is 0.929. The van der Waals surface area contributed by atoms with Crippen molar-refractivity contribution in [3.63, 3.8) is 0 Å². The summed E-state index contributed by atoms with van der Waals surface area (Å²) in [4.78, 5) is 4.68. The van der Waals surface area contributed by atoms with E-state index in [1.165, 1.54) is 0 Å². The summed E-state index contributed by atoms with van der Waals surface area (Å²) in [7, 11) is 0. The molecule has 102 valence electrons. The van der Waals surface area contributed by atoms with Crippen molar-refractivity contribution >= 4 is 17.0 Å². The quantitative estimate of drug-likeness (QED) is 0.876. The van der Waals surface area contributed by atoms with Crippen LogP contribution in [-0.4, -0.2) is 35.4 Å². The van der Waals surface area contributed by atoms with Crippen LogP contribution in [0.25, 0.3) is 11.0 Å². The molecule has 0 saturated carbocycles. The van der Waals surface area contributed by atoms with Crippen LogP contribution < -0.4 is 11.1 Å². The maximum atomic E-state index is 5.72. The molecule has 2 aromatic rings. The summed E-state index contributed by atoms with van der Waals surface area (Å²) in [5.41, 5.74) is 7.88. The van der Waals surface area contributed by atoms with Gasteiger partial charge in [-0.15, -0.1) is 0 Å². The molecule has 0 bridgehead atoms. The second-order valence-electron chi connectivity index (χ2n) is 4.90. The predicted molar refractivity (Wildman–Crippen MR) is 76.3 cm³/mol. The van der Waals surface area contributed by atoms with E-state index in [9.17, 15) is 0 Å². The predicted octanol–water partition coefficient (Wildman–Crippen LogP) is 1.59. The fourth-order valence-electron chi connectivity index (χ4n) is 2.57. The normalized spacial score (nSPS) is 16.9. The highest BCUT2D eigenvalue weighted by atomic mass is 16.5. The van der Waals surface area contributed by atoms with Crippen LogP contribution in [0.1, 0.15) is 12.8 Å². The minimum absolute atomic E-state index is 0.446. The van der Waals surface area contributed by atoms with Crippen LogP contribution in [0, 0.1) is 0 Å². The van der Waals surface area contributed by atoms with Crippen LogP contribution in [0.4, 0.5) is 5.95 Å². The number of hydrogen-bond donors (Lipinski definition) is 2. The molecule has 1 aromatic carbocycles. The number of fused-ring (bicyclic) bond motifs is 1. The maximum absolute atomic E-state index is 5.72. The van der Waals surface area contributed by atoms with E-state index in [4.69, 9.17) is 10.5 Å². The molecule has 1 aliphatic rings. The Morgan fingerprint density at radius 1 is 1.32 bits per heavy atom. The highest BCUT2D eigenvalue weighted by Crippen LogP contribution is 2.21. The lowest BCUT2D eigenvalue weighted by atomic mass is 10.1. The summed E-state index contributed by atoms with van der Waals surface area (Å²) in [6.07, 6.45) is 2.07. The van der Waals surface area contributed by atoms with Gasteiger partial charge < -0.3 is 20.4 Å². The average Bonchev–Trinajstić information content (AvgIpc) is 2.79. The number of nitrogens with two attached hydrogens (primary N) is 1. The van der Waals surface area contributed by atoms with Crippen LogP contribution >= 0.6 is 0 Å². The first-order valence-electron chi connectivity index (χ1n) is 6.88. The molecule has 0 unspecified atom stereocenters. The Morgan fingerprint density at radius 2 is 2.11 bits per heavy atom. The molecule has 0 amide bonds. The van der Waals surface area contributed by atoms with E-state index in [-0.39, 0.29) is 0 Å². The van der Waals surface area contributed by atoms with Crippen LogP contribution in [0.5, 0.6) is 0 Å². The third kappa shape index (κ3) is 2.57. The fourth-order valence-corrected chi connectivity index (χ4v) is 2.57. The molecular formula is C14H20N4O. The van der Waals surface area contributed by atoms with Crippen molar-refractivity contribution in [3.05, 3.63) is 24.3 Å². The van der Waals surface area contributed by atoms with Crippen molar-refractivity contribution in [2.75, 3.05) is 25.1 Å². The van der Waals surface area contributed by atoms with Gasteiger partial charge in [0.15, 0.2) is 0 Å². The van der Waals surface area contributed by atoms with Gasteiger partial charge in [-0.05, 0) is 25.0 Å². The fraction of sp³-hybridized carbons (Fsp3) is 0.500. The number of aromatic nitrogens is 2. The van der Waals surface area contributed by atoms with E-state index in [1.54, 1.807) is 0 Å². The molecule has 0 spiro atoms. The Bertz CT molecular complexity index is 545. The van der Waals surface area contributed by atoms with Crippen molar-refractivity contribution in [1.29, 1.82) is 0 Å². The Balaban J connectivity index is 1.90. The van der Waals surface area contributed by atoms with Gasteiger partial charge in [-0.1, -0.05) is 12.1 Å². The molecule has 1 fully saturated rings. The molecule has 5 nitrogen and oxygen atoms in total. The van der Waals surface area contributed by atoms with Gasteiger partial charge in [0.1, 0.15) is 0 Å². The standard InChI is InChI=1S/C14H20N4O/c15-7-8-18-13-4-2-1-3-12(13)17-14(18)16-11-5-9-19-10-6-11/h1-4,11H,5-10,15H2,(H,16,17). The van der Waals surface area contributed by atoms with Crippen LogP contribution in [-0.2, 0) is 11.3 Å². The molecule has 5 heteroatoms. The maximum Gasteiger partial charge on any atom is 0.204 e. The molecular weight excluding hydrogens is 240 g/mol. The van der Waals surface area contributed by atoms with E-state index in [1.807, 2.05) is 18.2 Å². The number of ether oxygens (including phenoxy) is 1. The molecule has 2 heterocycles. The van der Waals surface area contributed by atoms with Crippen molar-refractivity contribution in [3.8, 4) is 0 Å². The first-order chi connectivity index (χ1) is 9.38. The lowest BCUT2D eigenvalue weighted by Crippen LogP contribution is -2.29. The van der Waals surface area contributed by atoms with Crippen molar-refractivity contribution in [2.45, 2.75) is 25.4 Å². The molecule has 0 radical (unpaired) electrons. The Hall–Kier alpha value is -1.59. The first-order valence-corrected chi connectivity index (χ1v) is 6.88. The van der Waals surface area contributed by atoms with Gasteiger partial charge in [0.05, 0.1) is 11.0 Å². The van der Waals surface area contributed by atoms with Gasteiger partial charge in [0, 0.05) is 32.3 Å². The van der Waals surface area contributed by atoms with E-state index in [2.05, 4.69) is 20.9 Å². The van der Waals surface area contributed by atoms with Gasteiger partial charge in [-0.3, -0.25) is 0 Å². The zero-order valence-electron chi connectivity index (χ0n) is 11.0. The van der Waals surface area contributed by atoms with Gasteiger partial charge >= 0.3 is 0 Å². The molecule has 1 saturated heterocycles. The third-order valence-corrected chi connectivity index (χ3v) is 3.56. The summed E-state index contributed by atoms with van der Waals surface area (Å²) in [5, 5.41) is 3.54. The number of rotatable bonds is 4. The molecule has 0 atom stereocenters. The lowest BCUT2D eigenvalue weighted by Gasteiger charge is -2.24. The molecule has 3 rings (SSSR count). The topological polar surface area (TPSA) is 65.1 Å². The van der Waals surface area contributed by atoms with E-state index in [0.717, 1.165) is 49.6 Å². The van der Waals surface area contributed by atoms with Crippen LogP contribution in [0.2, 0.25) is 0 Å².